The second-order valence-electron chi connectivity index (χ2n) is 5.82. The molecule has 8 heteroatoms. The van der Waals surface area contributed by atoms with E-state index in [4.69, 9.17) is 0 Å². The second-order valence-corrected chi connectivity index (χ2v) is 6.88. The lowest BCUT2D eigenvalue weighted by Crippen LogP contribution is -2.42. The summed E-state index contributed by atoms with van der Waals surface area (Å²) in [7, 11) is 3.20. The predicted octanol–water partition coefficient (Wildman–Crippen LogP) is 1.71. The molecule has 2 heterocycles. The number of imide groups is 1. The van der Waals surface area contributed by atoms with Crippen molar-refractivity contribution in [3.8, 4) is 0 Å². The van der Waals surface area contributed by atoms with Crippen LogP contribution in [0, 0.1) is 0 Å². The van der Waals surface area contributed by atoms with Gasteiger partial charge in [0, 0.05) is 14.1 Å². The molecule has 0 saturated carbocycles. The summed E-state index contributed by atoms with van der Waals surface area (Å²) < 4.78 is 1.06. The Balaban J connectivity index is 1.73. The van der Waals surface area contributed by atoms with Gasteiger partial charge in [-0.3, -0.25) is 14.5 Å². The first-order valence-electron chi connectivity index (χ1n) is 7.55. The van der Waals surface area contributed by atoms with Crippen LogP contribution in [0.25, 0.3) is 10.2 Å². The SMILES string of the molecule is C[C@@H](c1nc2ccccc2s1)N(C)C(=O)CN1C(=O)CN(C)C1=O. The lowest BCUT2D eigenvalue weighted by atomic mass is 10.3. The van der Waals surface area contributed by atoms with Crippen LogP contribution in [0.5, 0.6) is 0 Å². The molecule has 24 heavy (non-hydrogen) atoms. The van der Waals surface area contributed by atoms with E-state index < -0.39 is 6.03 Å². The van der Waals surface area contributed by atoms with E-state index in [0.29, 0.717) is 0 Å². The number of urea groups is 1. The maximum Gasteiger partial charge on any atom is 0.327 e. The third kappa shape index (κ3) is 2.84. The summed E-state index contributed by atoms with van der Waals surface area (Å²) in [6.07, 6.45) is 0. The quantitative estimate of drug-likeness (QED) is 0.790. The molecule has 0 radical (unpaired) electrons. The van der Waals surface area contributed by atoms with E-state index in [9.17, 15) is 14.4 Å². The highest BCUT2D eigenvalue weighted by Gasteiger charge is 2.36. The first-order valence-corrected chi connectivity index (χ1v) is 8.36. The van der Waals surface area contributed by atoms with Crippen molar-refractivity contribution in [2.45, 2.75) is 13.0 Å². The minimum absolute atomic E-state index is 0.0171. The molecule has 0 spiro atoms. The Hall–Kier alpha value is -2.48. The second kappa shape index (κ2) is 6.20. The van der Waals surface area contributed by atoms with Crippen molar-refractivity contribution in [3.63, 3.8) is 0 Å². The van der Waals surface area contributed by atoms with E-state index in [2.05, 4.69) is 4.98 Å². The molecule has 1 aromatic carbocycles. The van der Waals surface area contributed by atoms with Crippen LogP contribution in [0.15, 0.2) is 24.3 Å². The number of fused-ring (bicyclic) bond motifs is 1. The number of hydrogen-bond acceptors (Lipinski definition) is 5. The minimum atomic E-state index is -0.436. The summed E-state index contributed by atoms with van der Waals surface area (Å²) in [6, 6.07) is 7.12. The van der Waals surface area contributed by atoms with Crippen molar-refractivity contribution in [2.24, 2.45) is 0 Å². The van der Waals surface area contributed by atoms with Gasteiger partial charge in [-0.15, -0.1) is 11.3 Å². The highest BCUT2D eigenvalue weighted by Crippen LogP contribution is 2.28. The Morgan fingerprint density at radius 3 is 2.71 bits per heavy atom. The first-order chi connectivity index (χ1) is 11.4. The maximum atomic E-state index is 12.5. The zero-order chi connectivity index (χ0) is 17.4. The van der Waals surface area contributed by atoms with Crippen molar-refractivity contribution in [1.29, 1.82) is 0 Å². The van der Waals surface area contributed by atoms with E-state index >= 15 is 0 Å². The largest absolute Gasteiger partial charge is 0.335 e. The molecule has 0 N–H and O–H groups in total. The number of para-hydroxylation sites is 1. The number of likely N-dealkylation sites (N-methyl/N-ethyl adjacent to an activating group) is 2. The fraction of sp³-hybridized carbons (Fsp3) is 0.375. The van der Waals surface area contributed by atoms with Gasteiger partial charge in [0.1, 0.15) is 18.1 Å². The van der Waals surface area contributed by atoms with Gasteiger partial charge in [-0.25, -0.2) is 9.78 Å². The van der Waals surface area contributed by atoms with Crippen LogP contribution < -0.4 is 0 Å². The van der Waals surface area contributed by atoms with Gasteiger partial charge in [-0.2, -0.15) is 0 Å². The van der Waals surface area contributed by atoms with Crippen molar-refractivity contribution < 1.29 is 14.4 Å². The summed E-state index contributed by atoms with van der Waals surface area (Å²) in [6.45, 7) is 1.66. The summed E-state index contributed by atoms with van der Waals surface area (Å²) in [5, 5.41) is 0.822. The van der Waals surface area contributed by atoms with Gasteiger partial charge in [0.15, 0.2) is 0 Å². The van der Waals surface area contributed by atoms with E-state index in [1.54, 1.807) is 7.05 Å². The van der Waals surface area contributed by atoms with Gasteiger partial charge in [0.2, 0.25) is 5.91 Å². The fourth-order valence-electron chi connectivity index (χ4n) is 2.52. The van der Waals surface area contributed by atoms with E-state index in [-0.39, 0.29) is 30.9 Å². The Morgan fingerprint density at radius 1 is 1.38 bits per heavy atom. The monoisotopic (exact) mass is 346 g/mol. The average Bonchev–Trinajstić information content (AvgIpc) is 3.10. The number of thiazole rings is 1. The standard InChI is InChI=1S/C16H18N4O3S/c1-10(15-17-11-6-4-5-7-12(11)24-15)19(3)13(21)9-20-14(22)8-18(2)16(20)23/h4-7,10H,8-9H2,1-3H3/t10-/m0/s1. The Kier molecular flexibility index (Phi) is 4.23. The normalized spacial score (nSPS) is 16.1. The number of amides is 4. The average molecular weight is 346 g/mol. The van der Waals surface area contributed by atoms with Crippen molar-refractivity contribution in [2.75, 3.05) is 27.2 Å². The number of nitrogens with zero attached hydrogens (tertiary/aromatic N) is 4. The molecule has 0 bridgehead atoms. The fourth-order valence-corrected chi connectivity index (χ4v) is 3.58. The molecular weight excluding hydrogens is 328 g/mol. The molecule has 126 valence electrons. The Morgan fingerprint density at radius 2 is 2.08 bits per heavy atom. The van der Waals surface area contributed by atoms with Crippen LogP contribution >= 0.6 is 11.3 Å². The van der Waals surface area contributed by atoms with Gasteiger partial charge < -0.3 is 9.80 Å². The first kappa shape index (κ1) is 16.4. The summed E-state index contributed by atoms with van der Waals surface area (Å²) in [5.41, 5.74) is 0.900. The minimum Gasteiger partial charge on any atom is -0.335 e. The van der Waals surface area contributed by atoms with Crippen LogP contribution in [0.1, 0.15) is 18.0 Å². The molecule has 1 saturated heterocycles. The molecule has 4 amide bonds. The van der Waals surface area contributed by atoms with Crippen LogP contribution in [0.4, 0.5) is 4.79 Å². The van der Waals surface area contributed by atoms with Gasteiger partial charge in [0.05, 0.1) is 16.3 Å². The summed E-state index contributed by atoms with van der Waals surface area (Å²) >= 11 is 1.53. The van der Waals surface area contributed by atoms with Gasteiger partial charge >= 0.3 is 6.03 Å². The van der Waals surface area contributed by atoms with Crippen molar-refractivity contribution in [3.05, 3.63) is 29.3 Å². The van der Waals surface area contributed by atoms with Gasteiger partial charge in [-0.1, -0.05) is 12.1 Å². The zero-order valence-corrected chi connectivity index (χ0v) is 14.5. The number of rotatable bonds is 4. The Labute approximate surface area is 143 Å². The Bertz CT molecular complexity index is 786. The lowest BCUT2D eigenvalue weighted by Gasteiger charge is -2.25. The highest BCUT2D eigenvalue weighted by molar-refractivity contribution is 7.18. The third-order valence-corrected chi connectivity index (χ3v) is 5.37. The topological polar surface area (TPSA) is 73.8 Å². The summed E-state index contributed by atoms with van der Waals surface area (Å²) in [5.74, 6) is -0.643. The molecule has 0 aliphatic carbocycles. The molecule has 3 rings (SSSR count). The number of aromatic nitrogens is 1. The molecule has 1 aliphatic rings. The molecule has 7 nitrogen and oxygen atoms in total. The molecule has 2 aromatic rings. The number of benzene rings is 1. The maximum absolute atomic E-state index is 12.5. The zero-order valence-electron chi connectivity index (χ0n) is 13.7. The predicted molar refractivity (Wildman–Crippen MR) is 90.5 cm³/mol. The van der Waals surface area contributed by atoms with E-state index in [1.807, 2.05) is 31.2 Å². The van der Waals surface area contributed by atoms with Crippen LogP contribution in [0.2, 0.25) is 0 Å². The molecule has 1 atom stereocenters. The molecule has 1 fully saturated rings. The summed E-state index contributed by atoms with van der Waals surface area (Å²) in [4.78, 5) is 44.5. The lowest BCUT2D eigenvalue weighted by molar-refractivity contribution is -0.137. The number of carbonyl (C=O) groups excluding carboxylic acids is 3. The van der Waals surface area contributed by atoms with Crippen LogP contribution in [-0.2, 0) is 9.59 Å². The number of hydrogen-bond donors (Lipinski definition) is 0. The highest BCUT2D eigenvalue weighted by atomic mass is 32.1. The molecule has 0 unspecified atom stereocenters. The van der Waals surface area contributed by atoms with Gasteiger partial charge in [0.25, 0.3) is 5.91 Å². The third-order valence-electron chi connectivity index (χ3n) is 4.17. The molecule has 1 aromatic heterocycles. The molecule has 1 aliphatic heterocycles. The van der Waals surface area contributed by atoms with Crippen LogP contribution in [0.3, 0.4) is 0 Å². The number of carbonyl (C=O) groups is 3. The van der Waals surface area contributed by atoms with E-state index in [1.165, 1.54) is 28.2 Å². The van der Waals surface area contributed by atoms with Gasteiger partial charge in [-0.05, 0) is 19.1 Å². The van der Waals surface area contributed by atoms with E-state index in [0.717, 1.165) is 20.1 Å². The van der Waals surface area contributed by atoms with Crippen molar-refractivity contribution in [1.82, 2.24) is 19.7 Å². The van der Waals surface area contributed by atoms with Crippen molar-refractivity contribution >= 4 is 39.4 Å². The smallest absolute Gasteiger partial charge is 0.327 e. The molecular formula is C16H18N4O3S. The van der Waals surface area contributed by atoms with Crippen LogP contribution in [-0.4, -0.2) is 64.7 Å².